The van der Waals surface area contributed by atoms with Gasteiger partial charge < -0.3 is 15.3 Å². The number of aliphatic hydroxyl groups is 1. The van der Waals surface area contributed by atoms with Gasteiger partial charge in [-0.3, -0.25) is 0 Å². The third kappa shape index (κ3) is 5.02. The summed E-state index contributed by atoms with van der Waals surface area (Å²) >= 11 is 0. The number of rotatable bonds is 8. The van der Waals surface area contributed by atoms with Crippen LogP contribution in [-0.2, 0) is 6.54 Å². The van der Waals surface area contributed by atoms with Crippen molar-refractivity contribution >= 4 is 5.69 Å². The molecule has 20 heavy (non-hydrogen) atoms. The van der Waals surface area contributed by atoms with Crippen LogP contribution in [0.4, 0.5) is 18.9 Å². The smallest absolute Gasteiger partial charge is 0.255 e. The summed E-state index contributed by atoms with van der Waals surface area (Å²) in [5, 5.41) is 12.1. The van der Waals surface area contributed by atoms with Crippen molar-refractivity contribution in [2.45, 2.75) is 32.9 Å². The number of nitrogens with one attached hydrogen (secondary N) is 1. The van der Waals surface area contributed by atoms with E-state index in [1.807, 2.05) is 13.8 Å². The molecule has 114 valence electrons. The Morgan fingerprint density at radius 2 is 2.00 bits per heavy atom. The Labute approximate surface area is 117 Å². The van der Waals surface area contributed by atoms with Gasteiger partial charge in [0.1, 0.15) is 5.82 Å². The van der Waals surface area contributed by atoms with Crippen molar-refractivity contribution in [1.29, 1.82) is 0 Å². The fourth-order valence-corrected chi connectivity index (χ4v) is 1.95. The minimum absolute atomic E-state index is 0.0278. The van der Waals surface area contributed by atoms with Crippen molar-refractivity contribution in [3.63, 3.8) is 0 Å². The molecule has 6 heteroatoms. The van der Waals surface area contributed by atoms with Crippen molar-refractivity contribution < 1.29 is 18.3 Å². The Hall–Kier alpha value is -1.27. The minimum atomic E-state index is -2.59. The predicted molar refractivity (Wildman–Crippen MR) is 73.7 cm³/mol. The zero-order valence-electron chi connectivity index (χ0n) is 11.7. The number of anilines is 1. The molecule has 0 radical (unpaired) electrons. The highest BCUT2D eigenvalue weighted by Gasteiger charge is 2.19. The fraction of sp³-hybridized carbons (Fsp3) is 0.571. The van der Waals surface area contributed by atoms with Gasteiger partial charge in [-0.05, 0) is 11.6 Å². The SMILES string of the molecule is CC(C)NCc1cccc(F)c1N(CCO)CC(F)F. The van der Waals surface area contributed by atoms with E-state index in [1.54, 1.807) is 12.1 Å². The molecule has 0 bridgehead atoms. The molecule has 1 rings (SSSR count). The lowest BCUT2D eigenvalue weighted by Crippen LogP contribution is -2.34. The lowest BCUT2D eigenvalue weighted by Gasteiger charge is -2.27. The van der Waals surface area contributed by atoms with Crippen LogP contribution in [0.3, 0.4) is 0 Å². The average Bonchev–Trinajstić information content (AvgIpc) is 2.35. The third-order valence-electron chi connectivity index (χ3n) is 2.82. The van der Waals surface area contributed by atoms with E-state index < -0.39 is 18.8 Å². The summed E-state index contributed by atoms with van der Waals surface area (Å²) < 4.78 is 39.2. The summed E-state index contributed by atoms with van der Waals surface area (Å²) in [6.45, 7) is 3.34. The van der Waals surface area contributed by atoms with E-state index in [1.165, 1.54) is 11.0 Å². The van der Waals surface area contributed by atoms with Gasteiger partial charge in [0.05, 0.1) is 18.8 Å². The first-order chi connectivity index (χ1) is 9.45. The highest BCUT2D eigenvalue weighted by Crippen LogP contribution is 2.25. The Kier molecular flexibility index (Phi) is 6.81. The lowest BCUT2D eigenvalue weighted by molar-refractivity contribution is 0.152. The van der Waals surface area contributed by atoms with Gasteiger partial charge in [0, 0.05) is 19.1 Å². The zero-order valence-corrected chi connectivity index (χ0v) is 11.7. The van der Waals surface area contributed by atoms with Gasteiger partial charge in [-0.15, -0.1) is 0 Å². The van der Waals surface area contributed by atoms with E-state index in [-0.39, 0.29) is 24.9 Å². The van der Waals surface area contributed by atoms with Gasteiger partial charge in [-0.1, -0.05) is 26.0 Å². The van der Waals surface area contributed by atoms with Crippen LogP contribution in [0.1, 0.15) is 19.4 Å². The number of nitrogens with zero attached hydrogens (tertiary/aromatic N) is 1. The number of hydrogen-bond donors (Lipinski definition) is 2. The molecule has 1 aromatic carbocycles. The molecule has 0 aliphatic carbocycles. The van der Waals surface area contributed by atoms with Crippen molar-refractivity contribution in [3.8, 4) is 0 Å². The summed E-state index contributed by atoms with van der Waals surface area (Å²) in [5.74, 6) is -0.554. The van der Waals surface area contributed by atoms with Crippen LogP contribution in [0.15, 0.2) is 18.2 Å². The van der Waals surface area contributed by atoms with Gasteiger partial charge >= 0.3 is 0 Å². The zero-order chi connectivity index (χ0) is 15.1. The summed E-state index contributed by atoms with van der Waals surface area (Å²) in [6.07, 6.45) is -2.59. The summed E-state index contributed by atoms with van der Waals surface area (Å²) in [4.78, 5) is 1.19. The monoisotopic (exact) mass is 290 g/mol. The molecule has 0 aromatic heterocycles. The van der Waals surface area contributed by atoms with Crippen LogP contribution >= 0.6 is 0 Å². The van der Waals surface area contributed by atoms with Crippen molar-refractivity contribution in [2.75, 3.05) is 24.6 Å². The quantitative estimate of drug-likeness (QED) is 0.771. The van der Waals surface area contributed by atoms with Gasteiger partial charge in [0.2, 0.25) is 0 Å². The molecule has 0 unspecified atom stereocenters. The third-order valence-corrected chi connectivity index (χ3v) is 2.82. The first kappa shape index (κ1) is 16.8. The topological polar surface area (TPSA) is 35.5 Å². The molecule has 0 amide bonds. The van der Waals surface area contributed by atoms with Crippen molar-refractivity contribution in [3.05, 3.63) is 29.6 Å². The van der Waals surface area contributed by atoms with Crippen molar-refractivity contribution in [1.82, 2.24) is 5.32 Å². The molecular weight excluding hydrogens is 269 g/mol. The molecule has 1 aromatic rings. The summed E-state index contributed by atoms with van der Waals surface area (Å²) in [5.41, 5.74) is 0.739. The Morgan fingerprint density at radius 1 is 1.30 bits per heavy atom. The molecule has 0 saturated heterocycles. The number of benzene rings is 1. The van der Waals surface area contributed by atoms with Crippen LogP contribution in [0.2, 0.25) is 0 Å². The average molecular weight is 290 g/mol. The molecule has 0 fully saturated rings. The molecule has 3 nitrogen and oxygen atoms in total. The van der Waals surface area contributed by atoms with Crippen LogP contribution in [0.5, 0.6) is 0 Å². The number of halogens is 3. The number of aliphatic hydroxyl groups excluding tert-OH is 1. The van der Waals surface area contributed by atoms with Gasteiger partial charge in [0.25, 0.3) is 6.43 Å². The normalized spacial score (nSPS) is 11.4. The van der Waals surface area contributed by atoms with Crippen molar-refractivity contribution in [2.24, 2.45) is 0 Å². The maximum Gasteiger partial charge on any atom is 0.255 e. The number of para-hydroxylation sites is 1. The molecular formula is C14H21F3N2O. The van der Waals surface area contributed by atoms with Crippen LogP contribution in [0, 0.1) is 5.82 Å². The second-order valence-corrected chi connectivity index (χ2v) is 4.84. The maximum atomic E-state index is 14.0. The van der Waals surface area contributed by atoms with E-state index in [9.17, 15) is 13.2 Å². The molecule has 0 aliphatic heterocycles. The second-order valence-electron chi connectivity index (χ2n) is 4.84. The molecule has 0 heterocycles. The lowest BCUT2D eigenvalue weighted by atomic mass is 10.1. The standard InChI is InChI=1S/C14H21F3N2O/c1-10(2)18-8-11-4-3-5-12(15)14(11)19(6-7-20)9-13(16)17/h3-5,10,13,18,20H,6-9H2,1-2H3. The Balaban J connectivity index is 3.03. The minimum Gasteiger partial charge on any atom is -0.395 e. The second kappa shape index (κ2) is 8.11. The highest BCUT2D eigenvalue weighted by molar-refractivity contribution is 5.55. The van der Waals surface area contributed by atoms with E-state index >= 15 is 0 Å². The van der Waals surface area contributed by atoms with Crippen LogP contribution in [-0.4, -0.2) is 37.3 Å². The first-order valence-corrected chi connectivity index (χ1v) is 6.60. The summed E-state index contributed by atoms with van der Waals surface area (Å²) in [7, 11) is 0. The Morgan fingerprint density at radius 3 is 2.55 bits per heavy atom. The van der Waals surface area contributed by atoms with E-state index in [2.05, 4.69) is 5.32 Å². The van der Waals surface area contributed by atoms with Gasteiger partial charge in [-0.25, -0.2) is 13.2 Å². The van der Waals surface area contributed by atoms with E-state index in [0.29, 0.717) is 12.1 Å². The number of hydrogen-bond acceptors (Lipinski definition) is 3. The molecule has 0 atom stereocenters. The summed E-state index contributed by atoms with van der Waals surface area (Å²) in [6, 6.07) is 4.69. The Bertz CT molecular complexity index is 413. The van der Waals surface area contributed by atoms with Crippen LogP contribution in [0.25, 0.3) is 0 Å². The largest absolute Gasteiger partial charge is 0.395 e. The fourth-order valence-electron chi connectivity index (χ4n) is 1.95. The van der Waals surface area contributed by atoms with Gasteiger partial charge in [0.15, 0.2) is 0 Å². The van der Waals surface area contributed by atoms with E-state index in [4.69, 9.17) is 5.11 Å². The molecule has 0 spiro atoms. The molecule has 0 saturated carbocycles. The molecule has 0 aliphatic rings. The molecule has 2 N–H and O–H groups in total. The first-order valence-electron chi connectivity index (χ1n) is 6.60. The maximum absolute atomic E-state index is 14.0. The van der Waals surface area contributed by atoms with Crippen LogP contribution < -0.4 is 10.2 Å². The number of alkyl halides is 2. The van der Waals surface area contributed by atoms with E-state index in [0.717, 1.165) is 0 Å². The van der Waals surface area contributed by atoms with Gasteiger partial charge in [-0.2, -0.15) is 0 Å². The predicted octanol–water partition coefficient (Wildman–Crippen LogP) is 2.39. The highest BCUT2D eigenvalue weighted by atomic mass is 19.3.